The molecule has 1 aliphatic heterocycles. The van der Waals surface area contributed by atoms with Gasteiger partial charge in [0.25, 0.3) is 0 Å². The van der Waals surface area contributed by atoms with E-state index < -0.39 is 0 Å². The van der Waals surface area contributed by atoms with Crippen LogP contribution >= 0.6 is 0 Å². The van der Waals surface area contributed by atoms with Gasteiger partial charge in [-0.05, 0) is 29.6 Å². The molecule has 0 radical (unpaired) electrons. The van der Waals surface area contributed by atoms with E-state index in [0.717, 1.165) is 23.5 Å². The molecule has 1 heterocycles. The van der Waals surface area contributed by atoms with Crippen molar-refractivity contribution in [3.8, 4) is 11.5 Å². The first-order valence-corrected chi connectivity index (χ1v) is 6.13. The molecular formula is C13H17N3O3. The maximum atomic E-state index is 8.31. The first-order chi connectivity index (χ1) is 9.28. The minimum absolute atomic E-state index is 0.00833. The Kier molecular flexibility index (Phi) is 4.49. The van der Waals surface area contributed by atoms with Gasteiger partial charge in [-0.1, -0.05) is 11.2 Å². The number of hydrogen-bond acceptors (Lipinski definition) is 4. The van der Waals surface area contributed by atoms with Gasteiger partial charge in [-0.15, -0.1) is 0 Å². The SMILES string of the molecule is COc1ccc(C2COC(CN=[N+]=[N-])C2)cc1OC. The van der Waals surface area contributed by atoms with Crippen molar-refractivity contribution >= 4 is 0 Å². The summed E-state index contributed by atoms with van der Waals surface area (Å²) in [5, 5.41) is 3.55. The molecule has 19 heavy (non-hydrogen) atoms. The molecule has 1 aromatic carbocycles. The predicted molar refractivity (Wildman–Crippen MR) is 70.7 cm³/mol. The molecule has 0 aromatic heterocycles. The molecule has 2 atom stereocenters. The van der Waals surface area contributed by atoms with Gasteiger partial charge < -0.3 is 14.2 Å². The average molecular weight is 263 g/mol. The van der Waals surface area contributed by atoms with E-state index in [2.05, 4.69) is 10.0 Å². The molecule has 0 bridgehead atoms. The van der Waals surface area contributed by atoms with E-state index in [-0.39, 0.29) is 6.10 Å². The molecule has 102 valence electrons. The highest BCUT2D eigenvalue weighted by Gasteiger charge is 2.26. The fraction of sp³-hybridized carbons (Fsp3) is 0.538. The predicted octanol–water partition coefficient (Wildman–Crippen LogP) is 2.89. The Balaban J connectivity index is 2.08. The molecule has 1 aliphatic rings. The van der Waals surface area contributed by atoms with Crippen molar-refractivity contribution in [2.45, 2.75) is 18.4 Å². The number of rotatable bonds is 5. The summed E-state index contributed by atoms with van der Waals surface area (Å²) in [5.74, 6) is 1.74. The number of benzene rings is 1. The first-order valence-electron chi connectivity index (χ1n) is 6.13. The normalized spacial score (nSPS) is 21.8. The van der Waals surface area contributed by atoms with Gasteiger partial charge in [0.05, 0.1) is 33.5 Å². The van der Waals surface area contributed by atoms with Gasteiger partial charge in [0.1, 0.15) is 0 Å². The Hall–Kier alpha value is -1.91. The van der Waals surface area contributed by atoms with Crippen LogP contribution in [-0.2, 0) is 4.74 Å². The van der Waals surface area contributed by atoms with Crippen LogP contribution in [0.4, 0.5) is 0 Å². The molecule has 0 N–H and O–H groups in total. The highest BCUT2D eigenvalue weighted by atomic mass is 16.5. The van der Waals surface area contributed by atoms with E-state index >= 15 is 0 Å². The summed E-state index contributed by atoms with van der Waals surface area (Å²) < 4.78 is 16.1. The van der Waals surface area contributed by atoms with Crippen LogP contribution in [-0.4, -0.2) is 33.5 Å². The Morgan fingerprint density at radius 2 is 2.16 bits per heavy atom. The summed E-state index contributed by atoms with van der Waals surface area (Å²) in [4.78, 5) is 2.76. The lowest BCUT2D eigenvalue weighted by Gasteiger charge is -2.12. The Morgan fingerprint density at radius 3 is 2.84 bits per heavy atom. The lowest BCUT2D eigenvalue weighted by atomic mass is 9.96. The molecule has 2 rings (SSSR count). The minimum atomic E-state index is 0.00833. The second-order valence-corrected chi connectivity index (χ2v) is 4.42. The summed E-state index contributed by atoms with van der Waals surface area (Å²) in [6.45, 7) is 1.03. The van der Waals surface area contributed by atoms with Gasteiger partial charge in [-0.2, -0.15) is 0 Å². The Labute approximate surface area is 111 Å². The number of nitrogens with zero attached hydrogens (tertiary/aromatic N) is 3. The van der Waals surface area contributed by atoms with E-state index in [0.29, 0.717) is 19.1 Å². The largest absolute Gasteiger partial charge is 0.493 e. The van der Waals surface area contributed by atoms with Crippen LogP contribution in [0, 0.1) is 0 Å². The summed E-state index contributed by atoms with van der Waals surface area (Å²) >= 11 is 0. The topological polar surface area (TPSA) is 76.5 Å². The smallest absolute Gasteiger partial charge is 0.160 e. The van der Waals surface area contributed by atoms with Crippen molar-refractivity contribution in [2.75, 3.05) is 27.4 Å². The van der Waals surface area contributed by atoms with Crippen LogP contribution in [0.15, 0.2) is 23.3 Å². The first kappa shape index (κ1) is 13.5. The lowest BCUT2D eigenvalue weighted by molar-refractivity contribution is 0.116. The van der Waals surface area contributed by atoms with Gasteiger partial charge in [-0.3, -0.25) is 0 Å². The van der Waals surface area contributed by atoms with Crippen molar-refractivity contribution in [2.24, 2.45) is 5.11 Å². The molecule has 0 saturated carbocycles. The van der Waals surface area contributed by atoms with Gasteiger partial charge >= 0.3 is 0 Å². The van der Waals surface area contributed by atoms with E-state index in [4.69, 9.17) is 19.7 Å². The van der Waals surface area contributed by atoms with Gasteiger partial charge in [0.2, 0.25) is 0 Å². The highest BCUT2D eigenvalue weighted by Crippen LogP contribution is 2.35. The lowest BCUT2D eigenvalue weighted by Crippen LogP contribution is -2.08. The van der Waals surface area contributed by atoms with E-state index in [1.807, 2.05) is 18.2 Å². The van der Waals surface area contributed by atoms with Crippen molar-refractivity contribution in [3.05, 3.63) is 34.2 Å². The van der Waals surface area contributed by atoms with Crippen LogP contribution in [0.25, 0.3) is 10.4 Å². The van der Waals surface area contributed by atoms with E-state index in [1.165, 1.54) is 0 Å². The zero-order valence-electron chi connectivity index (χ0n) is 11.1. The molecule has 0 amide bonds. The zero-order valence-corrected chi connectivity index (χ0v) is 11.1. The summed E-state index contributed by atoms with van der Waals surface area (Å²) in [5.41, 5.74) is 9.46. The highest BCUT2D eigenvalue weighted by molar-refractivity contribution is 5.44. The van der Waals surface area contributed by atoms with Crippen molar-refractivity contribution in [1.82, 2.24) is 0 Å². The van der Waals surface area contributed by atoms with Crippen LogP contribution in [0.5, 0.6) is 11.5 Å². The van der Waals surface area contributed by atoms with Crippen molar-refractivity contribution in [1.29, 1.82) is 0 Å². The van der Waals surface area contributed by atoms with Crippen LogP contribution in [0.2, 0.25) is 0 Å². The van der Waals surface area contributed by atoms with Crippen LogP contribution < -0.4 is 9.47 Å². The van der Waals surface area contributed by atoms with Crippen LogP contribution in [0.1, 0.15) is 17.9 Å². The molecule has 1 saturated heterocycles. The zero-order chi connectivity index (χ0) is 13.7. The van der Waals surface area contributed by atoms with Gasteiger partial charge in [0, 0.05) is 10.8 Å². The third-order valence-corrected chi connectivity index (χ3v) is 3.31. The van der Waals surface area contributed by atoms with E-state index in [1.54, 1.807) is 14.2 Å². The molecule has 0 aliphatic carbocycles. The molecular weight excluding hydrogens is 246 g/mol. The Bertz CT molecular complexity index is 486. The molecule has 2 unspecified atom stereocenters. The average Bonchev–Trinajstić information content (AvgIpc) is 2.93. The maximum absolute atomic E-state index is 8.31. The third-order valence-electron chi connectivity index (χ3n) is 3.31. The Morgan fingerprint density at radius 1 is 1.37 bits per heavy atom. The monoisotopic (exact) mass is 263 g/mol. The minimum Gasteiger partial charge on any atom is -0.493 e. The number of methoxy groups -OCH3 is 2. The molecule has 1 fully saturated rings. The molecule has 6 nitrogen and oxygen atoms in total. The summed E-state index contributed by atoms with van der Waals surface area (Å²) in [7, 11) is 3.24. The fourth-order valence-corrected chi connectivity index (χ4v) is 2.30. The fourth-order valence-electron chi connectivity index (χ4n) is 2.30. The second-order valence-electron chi connectivity index (χ2n) is 4.42. The molecule has 6 heteroatoms. The standard InChI is InChI=1S/C13H17N3O3/c1-17-12-4-3-9(6-13(12)18-2)10-5-11(19-8-10)7-15-16-14/h3-4,6,10-11H,5,7-8H2,1-2H3. The number of azide groups is 1. The summed E-state index contributed by atoms with van der Waals surface area (Å²) in [6, 6.07) is 5.89. The summed E-state index contributed by atoms with van der Waals surface area (Å²) in [6.07, 6.45) is 0.864. The van der Waals surface area contributed by atoms with Crippen molar-refractivity contribution < 1.29 is 14.2 Å². The molecule has 0 spiro atoms. The van der Waals surface area contributed by atoms with Gasteiger partial charge in [0.15, 0.2) is 11.5 Å². The molecule has 1 aromatic rings. The number of ether oxygens (including phenoxy) is 3. The number of hydrogen-bond donors (Lipinski definition) is 0. The van der Waals surface area contributed by atoms with Gasteiger partial charge in [-0.25, -0.2) is 0 Å². The quantitative estimate of drug-likeness (QED) is 0.465. The second kappa shape index (κ2) is 6.31. The van der Waals surface area contributed by atoms with Crippen molar-refractivity contribution in [3.63, 3.8) is 0 Å². The van der Waals surface area contributed by atoms with Crippen LogP contribution in [0.3, 0.4) is 0 Å². The maximum Gasteiger partial charge on any atom is 0.160 e. The van der Waals surface area contributed by atoms with E-state index in [9.17, 15) is 0 Å². The third kappa shape index (κ3) is 3.10.